The number of aliphatic hydroxyl groups is 1. The number of rotatable bonds is 2. The molecule has 2 N–H and O–H groups in total. The Morgan fingerprint density at radius 1 is 1.44 bits per heavy atom. The van der Waals surface area contributed by atoms with Crippen LogP contribution in [0.25, 0.3) is 0 Å². The minimum absolute atomic E-state index is 0.0274. The van der Waals surface area contributed by atoms with Crippen LogP contribution < -0.4 is 5.32 Å². The highest BCUT2D eigenvalue weighted by Crippen LogP contribution is 2.19. The van der Waals surface area contributed by atoms with Gasteiger partial charge in [-0.15, -0.1) is 0 Å². The number of aliphatic hydroxyl groups excluding tert-OH is 1. The molecule has 0 aromatic heterocycles. The Balaban J connectivity index is 2.44. The summed E-state index contributed by atoms with van der Waals surface area (Å²) in [6.45, 7) is 5.29. The van der Waals surface area contributed by atoms with E-state index in [1.54, 1.807) is 20.8 Å². The molecular formula is C11H17NO4. The lowest BCUT2D eigenvalue weighted by Crippen LogP contribution is -2.34. The minimum Gasteiger partial charge on any atom is -0.512 e. The van der Waals surface area contributed by atoms with Gasteiger partial charge in [0.15, 0.2) is 5.78 Å². The third-order valence-electron chi connectivity index (χ3n) is 2.08. The van der Waals surface area contributed by atoms with Gasteiger partial charge >= 0.3 is 6.09 Å². The standard InChI is InChI=1S/C11H17NO4/c1-11(2,3)16-10(15)12-6-7-8(13)4-5-9(7)14/h13H,4-6H2,1-3H3,(H,12,15). The van der Waals surface area contributed by atoms with Gasteiger partial charge in [0, 0.05) is 12.8 Å². The van der Waals surface area contributed by atoms with Crippen LogP contribution in [0, 0.1) is 0 Å². The molecule has 90 valence electrons. The summed E-state index contributed by atoms with van der Waals surface area (Å²) in [7, 11) is 0. The van der Waals surface area contributed by atoms with Gasteiger partial charge in [-0.2, -0.15) is 0 Å². The summed E-state index contributed by atoms with van der Waals surface area (Å²) in [5.74, 6) is -0.0467. The fourth-order valence-corrected chi connectivity index (χ4v) is 1.37. The molecule has 0 unspecified atom stereocenters. The monoisotopic (exact) mass is 227 g/mol. The SMILES string of the molecule is CC(C)(C)OC(=O)NCC1=C(O)CCC1=O. The molecule has 0 aromatic carbocycles. The Bertz CT molecular complexity index is 338. The Morgan fingerprint density at radius 2 is 2.06 bits per heavy atom. The normalized spacial score (nSPS) is 16.6. The molecule has 0 heterocycles. The third-order valence-corrected chi connectivity index (χ3v) is 2.08. The van der Waals surface area contributed by atoms with E-state index >= 15 is 0 Å². The van der Waals surface area contributed by atoms with Crippen molar-refractivity contribution >= 4 is 11.9 Å². The first-order chi connectivity index (χ1) is 7.29. The molecule has 0 saturated carbocycles. The van der Waals surface area contributed by atoms with Gasteiger partial charge in [0.2, 0.25) is 0 Å². The zero-order chi connectivity index (χ0) is 12.3. The molecule has 1 rings (SSSR count). The predicted molar refractivity (Wildman–Crippen MR) is 58.1 cm³/mol. The minimum atomic E-state index is -0.590. The predicted octanol–water partition coefficient (Wildman–Crippen LogP) is 1.69. The molecule has 0 saturated heterocycles. The van der Waals surface area contributed by atoms with Gasteiger partial charge in [0.25, 0.3) is 0 Å². The molecule has 1 amide bonds. The molecule has 0 fully saturated rings. The lowest BCUT2D eigenvalue weighted by Gasteiger charge is -2.19. The van der Waals surface area contributed by atoms with E-state index in [0.29, 0.717) is 12.8 Å². The molecule has 0 spiro atoms. The van der Waals surface area contributed by atoms with Crippen LogP contribution in [0.2, 0.25) is 0 Å². The number of carbonyl (C=O) groups excluding carboxylic acids is 2. The Hall–Kier alpha value is -1.52. The quantitative estimate of drug-likeness (QED) is 0.752. The lowest BCUT2D eigenvalue weighted by molar-refractivity contribution is -0.114. The number of ketones is 1. The number of alkyl carbamates (subject to hydrolysis) is 1. The van der Waals surface area contributed by atoms with E-state index in [4.69, 9.17) is 4.74 Å². The first-order valence-corrected chi connectivity index (χ1v) is 5.20. The maximum atomic E-state index is 11.3. The van der Waals surface area contributed by atoms with Gasteiger partial charge in [-0.05, 0) is 20.8 Å². The second-order valence-corrected chi connectivity index (χ2v) is 4.70. The molecule has 16 heavy (non-hydrogen) atoms. The van der Waals surface area contributed by atoms with Crippen molar-refractivity contribution in [1.82, 2.24) is 5.32 Å². The first kappa shape index (κ1) is 12.5. The number of amides is 1. The number of ether oxygens (including phenoxy) is 1. The Labute approximate surface area is 94.5 Å². The highest BCUT2D eigenvalue weighted by Gasteiger charge is 2.23. The highest BCUT2D eigenvalue weighted by molar-refractivity contribution is 5.98. The maximum Gasteiger partial charge on any atom is 0.407 e. The number of allylic oxidation sites excluding steroid dienone is 1. The molecule has 1 aliphatic carbocycles. The average molecular weight is 227 g/mol. The molecule has 0 aliphatic heterocycles. The second kappa shape index (κ2) is 4.55. The summed E-state index contributed by atoms with van der Waals surface area (Å²) in [4.78, 5) is 22.6. The van der Waals surface area contributed by atoms with Crippen LogP contribution in [0.15, 0.2) is 11.3 Å². The molecule has 1 aliphatic rings. The van der Waals surface area contributed by atoms with Crippen LogP contribution in [-0.4, -0.2) is 29.1 Å². The zero-order valence-corrected chi connectivity index (χ0v) is 9.79. The summed E-state index contributed by atoms with van der Waals surface area (Å²) in [5.41, 5.74) is -0.286. The molecule has 5 nitrogen and oxygen atoms in total. The molecular weight excluding hydrogens is 210 g/mol. The van der Waals surface area contributed by atoms with Gasteiger partial charge in [-0.3, -0.25) is 4.79 Å². The van der Waals surface area contributed by atoms with Crippen molar-refractivity contribution in [2.24, 2.45) is 0 Å². The van der Waals surface area contributed by atoms with E-state index in [1.165, 1.54) is 0 Å². The van der Waals surface area contributed by atoms with Crippen LogP contribution in [0.4, 0.5) is 4.79 Å². The second-order valence-electron chi connectivity index (χ2n) is 4.70. The van der Waals surface area contributed by atoms with E-state index in [9.17, 15) is 14.7 Å². The van der Waals surface area contributed by atoms with Crippen molar-refractivity contribution in [2.45, 2.75) is 39.2 Å². The van der Waals surface area contributed by atoms with Crippen molar-refractivity contribution < 1.29 is 19.4 Å². The topological polar surface area (TPSA) is 75.6 Å². The van der Waals surface area contributed by atoms with Gasteiger partial charge in [-0.1, -0.05) is 0 Å². The molecule has 0 radical (unpaired) electrons. The van der Waals surface area contributed by atoms with Crippen LogP contribution in [0.5, 0.6) is 0 Å². The summed E-state index contributed by atoms with van der Waals surface area (Å²) in [5, 5.41) is 11.8. The van der Waals surface area contributed by atoms with Crippen molar-refractivity contribution in [2.75, 3.05) is 6.54 Å². The average Bonchev–Trinajstić information content (AvgIpc) is 2.41. The fraction of sp³-hybridized carbons (Fsp3) is 0.636. The fourth-order valence-electron chi connectivity index (χ4n) is 1.37. The number of Topliss-reactive ketones (excluding diaryl/α,β-unsaturated/α-hetero) is 1. The largest absolute Gasteiger partial charge is 0.512 e. The van der Waals surface area contributed by atoms with Crippen molar-refractivity contribution in [3.63, 3.8) is 0 Å². The van der Waals surface area contributed by atoms with Crippen LogP contribution >= 0.6 is 0 Å². The number of hydrogen-bond acceptors (Lipinski definition) is 4. The molecule has 0 aromatic rings. The first-order valence-electron chi connectivity index (χ1n) is 5.20. The van der Waals surface area contributed by atoms with Crippen LogP contribution in [0.3, 0.4) is 0 Å². The van der Waals surface area contributed by atoms with Crippen LogP contribution in [-0.2, 0) is 9.53 Å². The van der Waals surface area contributed by atoms with Gasteiger partial charge in [-0.25, -0.2) is 4.79 Å². The van der Waals surface area contributed by atoms with Crippen molar-refractivity contribution in [1.29, 1.82) is 0 Å². The summed E-state index contributed by atoms with van der Waals surface area (Å²) < 4.78 is 5.00. The number of nitrogens with one attached hydrogen (secondary N) is 1. The van der Waals surface area contributed by atoms with Gasteiger partial charge in [0.05, 0.1) is 12.1 Å². The van der Waals surface area contributed by atoms with E-state index in [0.717, 1.165) is 0 Å². The van der Waals surface area contributed by atoms with Crippen molar-refractivity contribution in [3.05, 3.63) is 11.3 Å². The van der Waals surface area contributed by atoms with Gasteiger partial charge < -0.3 is 15.2 Å². The Kier molecular flexibility index (Phi) is 3.57. The van der Waals surface area contributed by atoms with Gasteiger partial charge in [0.1, 0.15) is 11.4 Å². The number of carbonyl (C=O) groups is 2. The highest BCUT2D eigenvalue weighted by atomic mass is 16.6. The smallest absolute Gasteiger partial charge is 0.407 e. The zero-order valence-electron chi connectivity index (χ0n) is 9.79. The lowest BCUT2D eigenvalue weighted by atomic mass is 10.2. The third kappa shape index (κ3) is 3.56. The maximum absolute atomic E-state index is 11.3. The van der Waals surface area contributed by atoms with Crippen molar-refractivity contribution in [3.8, 4) is 0 Å². The van der Waals surface area contributed by atoms with E-state index in [-0.39, 0.29) is 23.7 Å². The number of hydrogen-bond donors (Lipinski definition) is 2. The van der Waals surface area contributed by atoms with E-state index in [2.05, 4.69) is 5.32 Å². The Morgan fingerprint density at radius 3 is 2.50 bits per heavy atom. The molecule has 0 atom stereocenters. The summed E-state index contributed by atoms with van der Waals surface area (Å²) in [6, 6.07) is 0. The summed E-state index contributed by atoms with van der Waals surface area (Å²) >= 11 is 0. The molecule has 5 heteroatoms. The summed E-state index contributed by atoms with van der Waals surface area (Å²) in [6.07, 6.45) is 0.0916. The van der Waals surface area contributed by atoms with Crippen LogP contribution in [0.1, 0.15) is 33.6 Å². The van der Waals surface area contributed by atoms with E-state index in [1.807, 2.05) is 0 Å². The van der Waals surface area contributed by atoms with E-state index < -0.39 is 11.7 Å². The molecule has 0 bridgehead atoms.